The molecule has 1 aliphatic carbocycles. The Hall–Kier alpha value is 1.05. The number of nitrogens with one attached hydrogen (secondary N) is 1. The molecule has 0 heterocycles. The van der Waals surface area contributed by atoms with Gasteiger partial charge in [0.25, 0.3) is 0 Å². The normalized spacial score (nSPS) is 17.2. The quantitative estimate of drug-likeness (QED) is 0.467. The monoisotopic (exact) mass is 254 g/mol. The van der Waals surface area contributed by atoms with Crippen molar-refractivity contribution < 1.29 is 23.9 Å². The van der Waals surface area contributed by atoms with Crippen molar-refractivity contribution in [3.8, 4) is 0 Å². The summed E-state index contributed by atoms with van der Waals surface area (Å²) in [5.74, 6) is 0. The zero-order valence-electron chi connectivity index (χ0n) is 7.95. The van der Waals surface area contributed by atoms with Crippen molar-refractivity contribution >= 4 is 48.0 Å². The van der Waals surface area contributed by atoms with Crippen LogP contribution in [0.2, 0.25) is 0 Å². The van der Waals surface area contributed by atoms with E-state index in [9.17, 15) is 13.0 Å². The molecule has 0 aromatic heterocycles. The van der Waals surface area contributed by atoms with Crippen LogP contribution in [0.5, 0.6) is 0 Å². The van der Waals surface area contributed by atoms with Gasteiger partial charge in [0.15, 0.2) is 10.3 Å². The first-order valence-electron chi connectivity index (χ1n) is 3.81. The van der Waals surface area contributed by atoms with Gasteiger partial charge in [0.2, 0.25) is 0 Å². The predicted octanol–water partition coefficient (Wildman–Crippen LogP) is -1.66. The molecule has 1 fully saturated rings. The van der Waals surface area contributed by atoms with E-state index in [2.05, 4.69) is 4.72 Å². The number of hydrogen-bond acceptors (Lipinski definition) is 3. The molecule has 0 amide bonds. The molecule has 1 aliphatic rings. The van der Waals surface area contributed by atoms with Crippen LogP contribution in [0.3, 0.4) is 0 Å². The van der Waals surface area contributed by atoms with Crippen molar-refractivity contribution in [2.45, 2.75) is 38.1 Å². The smallest absolute Gasteiger partial charge is 0.735 e. The van der Waals surface area contributed by atoms with Gasteiger partial charge >= 0.3 is 37.7 Å². The second-order valence-electron chi connectivity index (χ2n) is 2.91. The Morgan fingerprint density at radius 1 is 1.07 bits per heavy atom. The van der Waals surface area contributed by atoms with Crippen LogP contribution < -0.4 is 4.72 Å². The first kappa shape index (κ1) is 20.5. The molecule has 1 saturated carbocycles. The third-order valence-electron chi connectivity index (χ3n) is 1.92. The van der Waals surface area contributed by atoms with Crippen LogP contribution in [0, 0.1) is 0 Å². The van der Waals surface area contributed by atoms with Crippen LogP contribution >= 0.6 is 0 Å². The maximum Gasteiger partial charge on any atom is 2.00 e. The summed E-state index contributed by atoms with van der Waals surface area (Å²) in [6.07, 6.45) is 4.81. The van der Waals surface area contributed by atoms with Gasteiger partial charge in [-0.2, -0.15) is 0 Å². The standard InChI is InChI=1S/C6H13NO3S.Ca.2H2O/c8-11(9,10)7-6-4-2-1-3-5-6;;;/h6-7H,1-5H2,(H,8,9,10);;2*1H2/q;+2;;/p-1. The minimum atomic E-state index is -4.22. The molecular weight excluding hydrogens is 238 g/mol. The van der Waals surface area contributed by atoms with Gasteiger partial charge in [0.05, 0.1) is 0 Å². The molecule has 0 atom stereocenters. The number of hydrogen-bond donors (Lipinski definition) is 1. The van der Waals surface area contributed by atoms with Gasteiger partial charge in [-0.3, -0.25) is 0 Å². The van der Waals surface area contributed by atoms with E-state index < -0.39 is 10.3 Å². The molecule has 0 aliphatic heterocycles. The maximum absolute atomic E-state index is 10.2. The van der Waals surface area contributed by atoms with E-state index in [-0.39, 0.29) is 54.7 Å². The van der Waals surface area contributed by atoms with E-state index in [4.69, 9.17) is 0 Å². The predicted molar refractivity (Wildman–Crippen MR) is 52.7 cm³/mol. The molecule has 5 N–H and O–H groups in total. The minimum absolute atomic E-state index is 0. The molecule has 0 spiro atoms. The average molecular weight is 254 g/mol. The SMILES string of the molecule is O.O.O=S(=O)([O-])NC1CCCCC1.[Ca+2]. The first-order chi connectivity index (χ1) is 5.08. The average Bonchev–Trinajstić information content (AvgIpc) is 1.85. The van der Waals surface area contributed by atoms with Crippen LogP contribution in [0.15, 0.2) is 0 Å². The Balaban J connectivity index is -0.000000403. The zero-order chi connectivity index (χ0) is 8.32. The summed E-state index contributed by atoms with van der Waals surface area (Å²) in [4.78, 5) is 0. The Morgan fingerprint density at radius 2 is 1.50 bits per heavy atom. The third-order valence-corrected chi connectivity index (χ3v) is 2.54. The van der Waals surface area contributed by atoms with Crippen molar-refractivity contribution in [3.05, 3.63) is 0 Å². The molecule has 8 heteroatoms. The van der Waals surface area contributed by atoms with E-state index in [1.54, 1.807) is 0 Å². The molecule has 0 bridgehead atoms. The van der Waals surface area contributed by atoms with Crippen LogP contribution in [-0.4, -0.2) is 67.7 Å². The van der Waals surface area contributed by atoms with Gasteiger partial charge in [-0.05, 0) is 12.8 Å². The fourth-order valence-electron chi connectivity index (χ4n) is 1.42. The van der Waals surface area contributed by atoms with E-state index in [0.29, 0.717) is 0 Å². The van der Waals surface area contributed by atoms with E-state index in [1.165, 1.54) is 0 Å². The second kappa shape index (κ2) is 9.29. The first-order valence-corrected chi connectivity index (χ1v) is 5.22. The van der Waals surface area contributed by atoms with Crippen molar-refractivity contribution in [1.82, 2.24) is 4.72 Å². The molecule has 1 rings (SSSR count). The van der Waals surface area contributed by atoms with Gasteiger partial charge in [-0.1, -0.05) is 19.3 Å². The molecule has 0 radical (unpaired) electrons. The van der Waals surface area contributed by atoms with Gasteiger partial charge in [-0.15, -0.1) is 0 Å². The topological polar surface area (TPSA) is 132 Å². The second-order valence-corrected chi connectivity index (χ2v) is 4.05. The summed E-state index contributed by atoms with van der Waals surface area (Å²) < 4.78 is 32.8. The summed E-state index contributed by atoms with van der Waals surface area (Å²) in [5, 5.41) is 0. The Kier molecular flexibility index (Phi) is 13.6. The van der Waals surface area contributed by atoms with Gasteiger partial charge in [0, 0.05) is 6.04 Å². The maximum atomic E-state index is 10.2. The summed E-state index contributed by atoms with van der Waals surface area (Å²) in [7, 11) is -4.22. The Labute approximate surface area is 114 Å². The molecule has 14 heavy (non-hydrogen) atoms. The van der Waals surface area contributed by atoms with Crippen LogP contribution in [0.4, 0.5) is 0 Å². The summed E-state index contributed by atoms with van der Waals surface area (Å²) >= 11 is 0. The van der Waals surface area contributed by atoms with Crippen molar-refractivity contribution in [2.75, 3.05) is 0 Å². The number of rotatable bonds is 2. The molecule has 82 valence electrons. The summed E-state index contributed by atoms with van der Waals surface area (Å²) in [6.45, 7) is 0. The van der Waals surface area contributed by atoms with Crippen LogP contribution in [0.1, 0.15) is 32.1 Å². The van der Waals surface area contributed by atoms with Crippen molar-refractivity contribution in [2.24, 2.45) is 0 Å². The molecule has 6 nitrogen and oxygen atoms in total. The largest absolute Gasteiger partial charge is 2.00 e. The molecule has 0 saturated heterocycles. The molecule has 0 aromatic carbocycles. The van der Waals surface area contributed by atoms with Crippen molar-refractivity contribution in [1.29, 1.82) is 0 Å². The van der Waals surface area contributed by atoms with E-state index >= 15 is 0 Å². The zero-order valence-corrected chi connectivity index (χ0v) is 11.0. The van der Waals surface area contributed by atoms with E-state index in [0.717, 1.165) is 32.1 Å². The Morgan fingerprint density at radius 3 is 1.86 bits per heavy atom. The minimum Gasteiger partial charge on any atom is -0.735 e. The van der Waals surface area contributed by atoms with E-state index in [1.807, 2.05) is 0 Å². The van der Waals surface area contributed by atoms with Crippen molar-refractivity contribution in [3.63, 3.8) is 0 Å². The van der Waals surface area contributed by atoms with Gasteiger partial charge in [0.1, 0.15) is 0 Å². The van der Waals surface area contributed by atoms with Gasteiger partial charge < -0.3 is 15.5 Å². The molecule has 0 unspecified atom stereocenters. The molecule has 0 aromatic rings. The Bertz CT molecular complexity index is 214. The van der Waals surface area contributed by atoms with Crippen LogP contribution in [-0.2, 0) is 10.3 Å². The fourth-order valence-corrected chi connectivity index (χ4v) is 2.07. The third kappa shape index (κ3) is 9.60. The fraction of sp³-hybridized carbons (Fsp3) is 1.00. The molecular formula is C6H16CaNO5S+. The summed E-state index contributed by atoms with van der Waals surface area (Å²) in [6, 6.07) is -0.105. The van der Waals surface area contributed by atoms with Gasteiger partial charge in [-0.25, -0.2) is 13.1 Å². The summed E-state index contributed by atoms with van der Waals surface area (Å²) in [5.41, 5.74) is 0. The van der Waals surface area contributed by atoms with Crippen LogP contribution in [0.25, 0.3) is 0 Å².